The molecule has 2 aromatic carbocycles. The third-order valence-corrected chi connectivity index (χ3v) is 4.96. The van der Waals surface area contributed by atoms with E-state index in [1.54, 1.807) is 20.3 Å². The van der Waals surface area contributed by atoms with Crippen LogP contribution >= 0.6 is 0 Å². The number of amides is 2. The number of methoxy groups -OCH3 is 2. The zero-order valence-corrected chi connectivity index (χ0v) is 16.1. The maximum Gasteiger partial charge on any atom is 0.235 e. The molecule has 1 aliphatic rings. The van der Waals surface area contributed by atoms with Crippen LogP contribution < -0.4 is 20.5 Å². The maximum absolute atomic E-state index is 12.5. The minimum Gasteiger partial charge on any atom is -0.493 e. The third-order valence-electron chi connectivity index (χ3n) is 4.96. The van der Waals surface area contributed by atoms with Gasteiger partial charge in [-0.1, -0.05) is 30.3 Å². The predicted octanol–water partition coefficient (Wildman–Crippen LogP) is 1.23. The number of nitrogens with two attached hydrogens (primary N) is 1. The van der Waals surface area contributed by atoms with E-state index in [-0.39, 0.29) is 12.5 Å². The van der Waals surface area contributed by atoms with E-state index in [2.05, 4.69) is 5.32 Å². The van der Waals surface area contributed by atoms with Gasteiger partial charge in [-0.15, -0.1) is 0 Å². The average molecular weight is 383 g/mol. The summed E-state index contributed by atoms with van der Waals surface area (Å²) in [5.41, 5.74) is 8.69. The van der Waals surface area contributed by atoms with Crippen LogP contribution in [0.15, 0.2) is 42.5 Å². The lowest BCUT2D eigenvalue weighted by Gasteiger charge is -2.34. The van der Waals surface area contributed by atoms with Crippen molar-refractivity contribution in [1.82, 2.24) is 10.2 Å². The summed E-state index contributed by atoms with van der Waals surface area (Å²) in [6.45, 7) is 0.980. The minimum absolute atomic E-state index is 0.106. The standard InChI is InChI=1S/C21H25N3O4/c1-27-18-8-7-14(9-19(18)28-2)11-23-20(25)13-24-12-16-6-4-3-5-15(16)10-17(24)21(22)26/h3-9,17H,10-13H2,1-2H3,(H2,22,26)(H,23,25). The fourth-order valence-corrected chi connectivity index (χ4v) is 3.46. The molecular weight excluding hydrogens is 358 g/mol. The average Bonchev–Trinajstić information content (AvgIpc) is 2.71. The number of rotatable bonds is 7. The van der Waals surface area contributed by atoms with E-state index >= 15 is 0 Å². The molecule has 0 aromatic heterocycles. The van der Waals surface area contributed by atoms with Gasteiger partial charge in [-0.05, 0) is 35.2 Å². The molecule has 2 amide bonds. The summed E-state index contributed by atoms with van der Waals surface area (Å²) < 4.78 is 10.5. The fourth-order valence-electron chi connectivity index (χ4n) is 3.46. The van der Waals surface area contributed by atoms with E-state index in [0.717, 1.165) is 16.7 Å². The van der Waals surface area contributed by atoms with Crippen LogP contribution in [-0.4, -0.2) is 43.5 Å². The molecular formula is C21H25N3O4. The molecule has 7 heteroatoms. The Kier molecular flexibility index (Phi) is 6.16. The lowest BCUT2D eigenvalue weighted by molar-refractivity contribution is -0.127. The first kappa shape index (κ1) is 19.7. The second kappa shape index (κ2) is 8.75. The summed E-state index contributed by atoms with van der Waals surface area (Å²) in [5.74, 6) is 0.659. The molecule has 2 aromatic rings. The first-order valence-electron chi connectivity index (χ1n) is 9.09. The molecule has 1 aliphatic heterocycles. The van der Waals surface area contributed by atoms with Crippen LogP contribution in [0.25, 0.3) is 0 Å². The van der Waals surface area contributed by atoms with Crippen molar-refractivity contribution in [2.75, 3.05) is 20.8 Å². The Hall–Kier alpha value is -3.06. The van der Waals surface area contributed by atoms with Gasteiger partial charge in [-0.3, -0.25) is 14.5 Å². The van der Waals surface area contributed by atoms with Crippen molar-refractivity contribution in [3.63, 3.8) is 0 Å². The topological polar surface area (TPSA) is 93.9 Å². The summed E-state index contributed by atoms with van der Waals surface area (Å²) in [7, 11) is 3.14. The van der Waals surface area contributed by atoms with E-state index < -0.39 is 11.9 Å². The van der Waals surface area contributed by atoms with Gasteiger partial charge in [-0.2, -0.15) is 0 Å². The van der Waals surface area contributed by atoms with E-state index in [4.69, 9.17) is 15.2 Å². The zero-order valence-electron chi connectivity index (χ0n) is 16.1. The normalized spacial score (nSPS) is 16.1. The van der Waals surface area contributed by atoms with Gasteiger partial charge in [-0.25, -0.2) is 0 Å². The van der Waals surface area contributed by atoms with Gasteiger partial charge >= 0.3 is 0 Å². The lowest BCUT2D eigenvalue weighted by atomic mass is 9.93. The molecule has 0 radical (unpaired) electrons. The van der Waals surface area contributed by atoms with Crippen molar-refractivity contribution in [2.24, 2.45) is 5.73 Å². The number of nitrogens with zero attached hydrogens (tertiary/aromatic N) is 1. The smallest absolute Gasteiger partial charge is 0.235 e. The van der Waals surface area contributed by atoms with Gasteiger partial charge in [0.25, 0.3) is 0 Å². The molecule has 0 bridgehead atoms. The molecule has 7 nitrogen and oxygen atoms in total. The van der Waals surface area contributed by atoms with E-state index in [0.29, 0.717) is 31.0 Å². The van der Waals surface area contributed by atoms with Gasteiger partial charge in [0.05, 0.1) is 26.8 Å². The maximum atomic E-state index is 12.5. The highest BCUT2D eigenvalue weighted by Crippen LogP contribution is 2.27. The molecule has 0 aliphatic carbocycles. The van der Waals surface area contributed by atoms with E-state index in [1.165, 1.54) is 0 Å². The van der Waals surface area contributed by atoms with Crippen LogP contribution in [0.4, 0.5) is 0 Å². The number of hydrogen-bond donors (Lipinski definition) is 2. The Morgan fingerprint density at radius 2 is 1.82 bits per heavy atom. The van der Waals surface area contributed by atoms with Crippen molar-refractivity contribution >= 4 is 11.8 Å². The van der Waals surface area contributed by atoms with Crippen molar-refractivity contribution in [3.8, 4) is 11.5 Å². The Morgan fingerprint density at radius 3 is 2.50 bits per heavy atom. The summed E-state index contributed by atoms with van der Waals surface area (Å²) in [4.78, 5) is 26.2. The van der Waals surface area contributed by atoms with Gasteiger partial charge in [0.1, 0.15) is 0 Å². The van der Waals surface area contributed by atoms with Gasteiger partial charge in [0.2, 0.25) is 11.8 Å². The summed E-state index contributed by atoms with van der Waals surface area (Å²) in [5, 5.41) is 2.89. The molecule has 1 atom stereocenters. The Labute approximate surface area is 164 Å². The molecule has 3 rings (SSSR count). The van der Waals surface area contributed by atoms with Crippen molar-refractivity contribution < 1.29 is 19.1 Å². The molecule has 0 fully saturated rings. The van der Waals surface area contributed by atoms with Crippen molar-refractivity contribution in [2.45, 2.75) is 25.6 Å². The highest BCUT2D eigenvalue weighted by molar-refractivity contribution is 5.83. The van der Waals surface area contributed by atoms with Crippen molar-refractivity contribution in [3.05, 3.63) is 59.2 Å². The number of nitrogens with one attached hydrogen (secondary N) is 1. The number of carbonyl (C=O) groups is 2. The van der Waals surface area contributed by atoms with Gasteiger partial charge in [0.15, 0.2) is 11.5 Å². The second-order valence-corrected chi connectivity index (χ2v) is 6.76. The monoisotopic (exact) mass is 383 g/mol. The van der Waals surface area contributed by atoms with Crippen LogP contribution in [0.1, 0.15) is 16.7 Å². The summed E-state index contributed by atoms with van der Waals surface area (Å²) >= 11 is 0. The number of primary amides is 1. The number of fused-ring (bicyclic) bond motifs is 1. The SMILES string of the molecule is COc1ccc(CNC(=O)CN2Cc3ccccc3CC2C(N)=O)cc1OC. The molecule has 1 heterocycles. The third kappa shape index (κ3) is 4.43. The number of carbonyl (C=O) groups excluding carboxylic acids is 2. The molecule has 148 valence electrons. The highest BCUT2D eigenvalue weighted by Gasteiger charge is 2.31. The number of hydrogen-bond acceptors (Lipinski definition) is 5. The molecule has 0 saturated carbocycles. The molecule has 28 heavy (non-hydrogen) atoms. The first-order chi connectivity index (χ1) is 13.5. The van der Waals surface area contributed by atoms with Crippen LogP contribution in [0, 0.1) is 0 Å². The van der Waals surface area contributed by atoms with E-state index in [9.17, 15) is 9.59 Å². The quantitative estimate of drug-likeness (QED) is 0.750. The van der Waals surface area contributed by atoms with Crippen LogP contribution in [0.2, 0.25) is 0 Å². The van der Waals surface area contributed by atoms with Crippen LogP contribution in [0.3, 0.4) is 0 Å². The number of benzene rings is 2. The molecule has 0 saturated heterocycles. The van der Waals surface area contributed by atoms with Gasteiger partial charge in [0, 0.05) is 13.1 Å². The Bertz CT molecular complexity index is 868. The fraction of sp³-hybridized carbons (Fsp3) is 0.333. The highest BCUT2D eigenvalue weighted by atomic mass is 16.5. The predicted molar refractivity (Wildman–Crippen MR) is 105 cm³/mol. The van der Waals surface area contributed by atoms with E-state index in [1.807, 2.05) is 41.3 Å². The second-order valence-electron chi connectivity index (χ2n) is 6.76. The first-order valence-corrected chi connectivity index (χ1v) is 9.09. The van der Waals surface area contributed by atoms with Crippen LogP contribution in [0.5, 0.6) is 11.5 Å². The van der Waals surface area contributed by atoms with Crippen molar-refractivity contribution in [1.29, 1.82) is 0 Å². The summed E-state index contributed by atoms with van der Waals surface area (Å²) in [6, 6.07) is 12.9. The van der Waals surface area contributed by atoms with Gasteiger partial charge < -0.3 is 20.5 Å². The van der Waals surface area contributed by atoms with Crippen LogP contribution in [-0.2, 0) is 29.1 Å². The molecule has 3 N–H and O–H groups in total. The summed E-state index contributed by atoms with van der Waals surface area (Å²) in [6.07, 6.45) is 0.522. The molecule has 0 spiro atoms. The largest absolute Gasteiger partial charge is 0.493 e. The lowest BCUT2D eigenvalue weighted by Crippen LogP contribution is -2.51. The molecule has 1 unspecified atom stereocenters. The Balaban J connectivity index is 1.63. The Morgan fingerprint density at radius 1 is 1.11 bits per heavy atom. The minimum atomic E-state index is -0.485. The number of ether oxygens (including phenoxy) is 2. The zero-order chi connectivity index (χ0) is 20.1.